The first-order valence-corrected chi connectivity index (χ1v) is 5.26. The van der Waals surface area contributed by atoms with Crippen LogP contribution in [-0.2, 0) is 14.3 Å². The zero-order valence-electron chi connectivity index (χ0n) is 7.60. The van der Waals surface area contributed by atoms with Gasteiger partial charge in [0.05, 0.1) is 4.90 Å². The first-order valence-electron chi connectivity index (χ1n) is 3.85. The van der Waals surface area contributed by atoms with Crippen molar-refractivity contribution in [2.75, 3.05) is 6.73 Å². The molecule has 0 radical (unpaired) electrons. The summed E-state index contributed by atoms with van der Waals surface area (Å²) in [5, 5.41) is 0. The molecule has 0 saturated carbocycles. The topological polar surface area (TPSA) is 47.7 Å². The van der Waals surface area contributed by atoms with Gasteiger partial charge in [-0.1, -0.05) is 17.7 Å². The van der Waals surface area contributed by atoms with Crippen LogP contribution in [0.5, 0.6) is 0 Å². The Bertz CT molecular complexity index is 442. The molecule has 1 rings (SSSR count). The highest BCUT2D eigenvalue weighted by atomic mass is 32.2. The quantitative estimate of drug-likeness (QED) is 0.563. The van der Waals surface area contributed by atoms with Crippen LogP contribution in [0.4, 0.5) is 0 Å². The molecule has 0 fully saturated rings. The zero-order chi connectivity index (χ0) is 10.6. The van der Waals surface area contributed by atoms with E-state index in [9.17, 15) is 8.42 Å². The van der Waals surface area contributed by atoms with Crippen molar-refractivity contribution in [3.8, 4) is 0 Å². The zero-order valence-corrected chi connectivity index (χ0v) is 8.41. The molecule has 1 aromatic rings. The fourth-order valence-corrected chi connectivity index (χ4v) is 1.67. The molecule has 0 saturated heterocycles. The average Bonchev–Trinajstić information content (AvgIpc) is 2.16. The van der Waals surface area contributed by atoms with Crippen molar-refractivity contribution in [3.63, 3.8) is 0 Å². The van der Waals surface area contributed by atoms with Crippen LogP contribution >= 0.6 is 0 Å². The predicted molar refractivity (Wildman–Crippen MR) is 50.9 cm³/mol. The minimum absolute atomic E-state index is 0.0757. The Labute approximate surface area is 83.1 Å². The SMILES string of the molecule is [C-]#[N+]COS(=O)(=O)c1ccc(C)cc1. The van der Waals surface area contributed by atoms with E-state index in [-0.39, 0.29) is 4.90 Å². The molecule has 0 aliphatic rings. The molecule has 0 spiro atoms. The van der Waals surface area contributed by atoms with Gasteiger partial charge in [0.15, 0.2) is 0 Å². The van der Waals surface area contributed by atoms with Gasteiger partial charge in [-0.05, 0) is 19.1 Å². The number of nitrogens with zero attached hydrogens (tertiary/aromatic N) is 1. The molecule has 0 unspecified atom stereocenters. The summed E-state index contributed by atoms with van der Waals surface area (Å²) in [4.78, 5) is 2.89. The Balaban J connectivity index is 2.94. The number of hydrogen-bond acceptors (Lipinski definition) is 3. The molecule has 0 aliphatic carbocycles. The minimum atomic E-state index is -3.75. The van der Waals surface area contributed by atoms with Crippen LogP contribution in [0, 0.1) is 13.5 Å². The summed E-state index contributed by atoms with van der Waals surface area (Å²) >= 11 is 0. The fourth-order valence-electron chi connectivity index (χ4n) is 0.869. The van der Waals surface area contributed by atoms with E-state index >= 15 is 0 Å². The van der Waals surface area contributed by atoms with Crippen molar-refractivity contribution in [2.24, 2.45) is 0 Å². The van der Waals surface area contributed by atoms with Crippen molar-refractivity contribution in [3.05, 3.63) is 41.2 Å². The second kappa shape index (κ2) is 4.22. The highest BCUT2D eigenvalue weighted by molar-refractivity contribution is 7.86. The average molecular weight is 211 g/mol. The summed E-state index contributed by atoms with van der Waals surface area (Å²) in [5.74, 6) is 0. The van der Waals surface area contributed by atoms with Crippen molar-refractivity contribution >= 4 is 10.1 Å². The number of aryl methyl sites for hydroxylation is 1. The van der Waals surface area contributed by atoms with Gasteiger partial charge in [-0.15, -0.1) is 0 Å². The molecule has 5 heteroatoms. The van der Waals surface area contributed by atoms with Crippen LogP contribution in [0.3, 0.4) is 0 Å². The molecule has 14 heavy (non-hydrogen) atoms. The maximum absolute atomic E-state index is 11.3. The summed E-state index contributed by atoms with van der Waals surface area (Å²) in [7, 11) is -3.75. The van der Waals surface area contributed by atoms with Gasteiger partial charge in [0.1, 0.15) is 0 Å². The van der Waals surface area contributed by atoms with Gasteiger partial charge < -0.3 is 0 Å². The van der Waals surface area contributed by atoms with E-state index in [4.69, 9.17) is 6.57 Å². The van der Waals surface area contributed by atoms with E-state index in [1.807, 2.05) is 6.92 Å². The smallest absolute Gasteiger partial charge is 0.285 e. The molecule has 4 nitrogen and oxygen atoms in total. The monoisotopic (exact) mass is 211 g/mol. The van der Waals surface area contributed by atoms with Gasteiger partial charge in [-0.25, -0.2) is 6.57 Å². The molecular weight excluding hydrogens is 202 g/mol. The van der Waals surface area contributed by atoms with Crippen molar-refractivity contribution < 1.29 is 12.6 Å². The van der Waals surface area contributed by atoms with Gasteiger partial charge in [-0.3, -0.25) is 4.85 Å². The van der Waals surface area contributed by atoms with E-state index in [1.165, 1.54) is 12.1 Å². The van der Waals surface area contributed by atoms with Crippen LogP contribution in [0.15, 0.2) is 29.2 Å². The number of hydrogen-bond donors (Lipinski definition) is 0. The second-order valence-corrected chi connectivity index (χ2v) is 4.29. The van der Waals surface area contributed by atoms with Crippen molar-refractivity contribution in [1.29, 1.82) is 0 Å². The fraction of sp³-hybridized carbons (Fsp3) is 0.222. The lowest BCUT2D eigenvalue weighted by molar-refractivity contribution is 0.355. The molecule has 0 heterocycles. The van der Waals surface area contributed by atoms with Gasteiger partial charge >= 0.3 is 16.8 Å². The lowest BCUT2D eigenvalue weighted by atomic mass is 10.2. The predicted octanol–water partition coefficient (Wildman–Crippen LogP) is 1.58. The summed E-state index contributed by atoms with van der Waals surface area (Å²) in [6.07, 6.45) is 0. The maximum atomic E-state index is 11.3. The Hall–Kier alpha value is -1.38. The molecule has 0 bridgehead atoms. The lowest BCUT2D eigenvalue weighted by Crippen LogP contribution is -2.05. The molecule has 0 aromatic heterocycles. The Morgan fingerprint density at radius 2 is 1.93 bits per heavy atom. The van der Waals surface area contributed by atoms with E-state index in [2.05, 4.69) is 9.03 Å². The van der Waals surface area contributed by atoms with E-state index < -0.39 is 16.8 Å². The molecule has 1 aromatic carbocycles. The van der Waals surface area contributed by atoms with Crippen molar-refractivity contribution in [2.45, 2.75) is 11.8 Å². The third-order valence-corrected chi connectivity index (χ3v) is 2.85. The van der Waals surface area contributed by atoms with Crippen LogP contribution in [-0.4, -0.2) is 15.1 Å². The second-order valence-electron chi connectivity index (χ2n) is 2.67. The summed E-state index contributed by atoms with van der Waals surface area (Å²) < 4.78 is 27.1. The summed E-state index contributed by atoms with van der Waals surface area (Å²) in [6.45, 7) is 7.80. The van der Waals surface area contributed by atoms with E-state index in [0.29, 0.717) is 0 Å². The first-order chi connectivity index (χ1) is 6.56. The minimum Gasteiger partial charge on any atom is -0.285 e. The first kappa shape index (κ1) is 10.7. The summed E-state index contributed by atoms with van der Waals surface area (Å²) in [5.41, 5.74) is 0.967. The lowest BCUT2D eigenvalue weighted by Gasteiger charge is -2.00. The van der Waals surface area contributed by atoms with Crippen LogP contribution in [0.25, 0.3) is 4.85 Å². The molecule has 0 atom stereocenters. The maximum Gasteiger partial charge on any atom is 0.332 e. The molecule has 0 amide bonds. The van der Waals surface area contributed by atoms with Gasteiger partial charge in [0.25, 0.3) is 0 Å². The normalized spacial score (nSPS) is 10.9. The molecule has 0 N–H and O–H groups in total. The van der Waals surface area contributed by atoms with Crippen molar-refractivity contribution in [1.82, 2.24) is 0 Å². The molecule has 0 aliphatic heterocycles. The number of rotatable bonds is 3. The Morgan fingerprint density at radius 1 is 1.36 bits per heavy atom. The molecular formula is C9H9NO3S. The summed E-state index contributed by atoms with van der Waals surface area (Å²) in [6, 6.07) is 6.26. The third kappa shape index (κ3) is 2.55. The highest BCUT2D eigenvalue weighted by Gasteiger charge is 2.15. The highest BCUT2D eigenvalue weighted by Crippen LogP contribution is 2.12. The largest absolute Gasteiger partial charge is 0.332 e. The Morgan fingerprint density at radius 3 is 2.43 bits per heavy atom. The van der Waals surface area contributed by atoms with Gasteiger partial charge in [-0.2, -0.15) is 12.6 Å². The third-order valence-electron chi connectivity index (χ3n) is 1.58. The molecule has 74 valence electrons. The van der Waals surface area contributed by atoms with E-state index in [0.717, 1.165) is 5.56 Å². The van der Waals surface area contributed by atoms with Crippen LogP contribution in [0.1, 0.15) is 5.56 Å². The standard InChI is InChI=1S/C9H9NO3S/c1-8-3-5-9(6-4-8)14(11,12)13-7-10-2/h3-6H,7H2,1H3. The van der Waals surface area contributed by atoms with Crippen LogP contribution in [0.2, 0.25) is 0 Å². The van der Waals surface area contributed by atoms with Gasteiger partial charge in [0.2, 0.25) is 0 Å². The Kier molecular flexibility index (Phi) is 3.23. The van der Waals surface area contributed by atoms with Crippen LogP contribution < -0.4 is 0 Å². The van der Waals surface area contributed by atoms with E-state index in [1.54, 1.807) is 12.1 Å². The van der Waals surface area contributed by atoms with Gasteiger partial charge in [0, 0.05) is 0 Å². The number of benzene rings is 1.